The number of nitrogens with zero attached hydrogens (tertiary/aromatic N) is 1. The maximum Gasteiger partial charge on any atom is 0.126 e. The zero-order chi connectivity index (χ0) is 11.0. The van der Waals surface area contributed by atoms with Gasteiger partial charge in [-0.15, -0.1) is 4.48 Å². The lowest BCUT2D eigenvalue weighted by atomic mass is 10.0. The average molecular weight is 205 g/mol. The van der Waals surface area contributed by atoms with Gasteiger partial charge in [-0.3, -0.25) is 0 Å². The second kappa shape index (κ2) is 3.42. The fourth-order valence-electron chi connectivity index (χ4n) is 1.73. The van der Waals surface area contributed by atoms with Gasteiger partial charge in [-0.05, 0) is 18.6 Å². The van der Waals surface area contributed by atoms with E-state index >= 15 is 0 Å². The number of fused-ring (bicyclic) bond motifs is 1. The van der Waals surface area contributed by atoms with Crippen molar-refractivity contribution < 1.29 is 9.59 Å². The fraction of sp³-hybridized carbons (Fsp3) is 0.167. The van der Waals surface area contributed by atoms with Crippen LogP contribution in [0.2, 0.25) is 0 Å². The number of rotatable bonds is 1. The summed E-state index contributed by atoms with van der Waals surface area (Å²) in [6.45, 7) is 1.76. The van der Waals surface area contributed by atoms with E-state index < -0.39 is 0 Å². The van der Waals surface area contributed by atoms with E-state index in [9.17, 15) is 9.59 Å². The topological polar surface area (TPSA) is 23.5 Å². The van der Waals surface area contributed by atoms with Gasteiger partial charge in [-0.1, -0.05) is 24.3 Å². The van der Waals surface area contributed by atoms with Gasteiger partial charge in [0.2, 0.25) is 0 Å². The summed E-state index contributed by atoms with van der Waals surface area (Å²) in [7, 11) is 1.35. The number of halogens is 1. The number of benzene rings is 2. The summed E-state index contributed by atoms with van der Waals surface area (Å²) < 4.78 is 13.2. The molecule has 0 bridgehead atoms. The van der Waals surface area contributed by atoms with Gasteiger partial charge < -0.3 is 5.11 Å². The molecule has 2 rings (SSSR count). The average Bonchev–Trinajstić information content (AvgIpc) is 2.23. The molecule has 0 aliphatic rings. The van der Waals surface area contributed by atoms with Crippen LogP contribution in [-0.2, 0) is 0 Å². The van der Waals surface area contributed by atoms with Gasteiger partial charge in [0.1, 0.15) is 5.75 Å². The zero-order valence-corrected chi connectivity index (χ0v) is 8.66. The Labute approximate surface area is 87.5 Å². The van der Waals surface area contributed by atoms with Crippen LogP contribution in [-0.4, -0.2) is 12.2 Å². The molecule has 0 aromatic heterocycles. The third kappa shape index (κ3) is 1.50. The Bertz CT molecular complexity index is 508. The summed E-state index contributed by atoms with van der Waals surface area (Å²) in [4.78, 5) is 0. The Hall–Kier alpha value is -1.77. The van der Waals surface area contributed by atoms with Gasteiger partial charge >= 0.3 is 0 Å². The second-order valence-electron chi connectivity index (χ2n) is 3.58. The van der Waals surface area contributed by atoms with Crippen LogP contribution in [0.4, 0.5) is 10.2 Å². The molecular formula is C12H12FNO. The lowest BCUT2D eigenvalue weighted by molar-refractivity contribution is 0.471. The largest absolute Gasteiger partial charge is 0.507 e. The van der Waals surface area contributed by atoms with E-state index in [1.807, 2.05) is 12.1 Å². The van der Waals surface area contributed by atoms with Crippen LogP contribution in [0.3, 0.4) is 0 Å². The molecule has 3 heteroatoms. The lowest BCUT2D eigenvalue weighted by Gasteiger charge is -2.13. The highest BCUT2D eigenvalue weighted by Crippen LogP contribution is 2.35. The quantitative estimate of drug-likeness (QED) is 0.723. The highest BCUT2D eigenvalue weighted by Gasteiger charge is 2.10. The Kier molecular flexibility index (Phi) is 2.23. The third-order valence-corrected chi connectivity index (χ3v) is 2.52. The van der Waals surface area contributed by atoms with Crippen molar-refractivity contribution in [2.75, 3.05) is 12.2 Å². The van der Waals surface area contributed by atoms with Crippen molar-refractivity contribution in [1.82, 2.24) is 0 Å². The van der Waals surface area contributed by atoms with Gasteiger partial charge in [0.05, 0.1) is 5.69 Å². The molecule has 0 radical (unpaired) electrons. The molecule has 0 heterocycles. The predicted octanol–water partition coefficient (Wildman–Crippen LogP) is 3.17. The van der Waals surface area contributed by atoms with Crippen molar-refractivity contribution in [2.45, 2.75) is 6.92 Å². The van der Waals surface area contributed by atoms with Crippen LogP contribution in [0.15, 0.2) is 30.3 Å². The van der Waals surface area contributed by atoms with Gasteiger partial charge in [-0.2, -0.15) is 0 Å². The molecule has 1 N–H and O–H groups in total. The molecule has 0 saturated heterocycles. The van der Waals surface area contributed by atoms with Gasteiger partial charge in [0, 0.05) is 17.8 Å². The van der Waals surface area contributed by atoms with Crippen LogP contribution in [0, 0.1) is 6.92 Å². The molecule has 0 atom stereocenters. The normalized spacial score (nSPS) is 10.6. The molecule has 0 saturated carbocycles. The van der Waals surface area contributed by atoms with E-state index in [0.717, 1.165) is 0 Å². The molecule has 0 aliphatic heterocycles. The second-order valence-corrected chi connectivity index (χ2v) is 3.58. The van der Waals surface area contributed by atoms with Crippen LogP contribution in [0.5, 0.6) is 5.75 Å². The van der Waals surface area contributed by atoms with Crippen molar-refractivity contribution >= 4 is 16.5 Å². The molecule has 15 heavy (non-hydrogen) atoms. The minimum atomic E-state index is 0.219. The molecule has 2 nitrogen and oxygen atoms in total. The van der Waals surface area contributed by atoms with E-state index in [-0.39, 0.29) is 5.75 Å². The predicted molar refractivity (Wildman–Crippen MR) is 59.9 cm³/mol. The first-order chi connectivity index (χ1) is 7.11. The monoisotopic (exact) mass is 205 g/mol. The maximum absolute atomic E-state index is 13.2. The Morgan fingerprint density at radius 3 is 2.40 bits per heavy atom. The van der Waals surface area contributed by atoms with Crippen LogP contribution >= 0.6 is 0 Å². The van der Waals surface area contributed by atoms with Crippen LogP contribution in [0.25, 0.3) is 10.8 Å². The van der Waals surface area contributed by atoms with Crippen molar-refractivity contribution in [1.29, 1.82) is 0 Å². The molecule has 78 valence electrons. The summed E-state index contributed by atoms with van der Waals surface area (Å²) in [6, 6.07) is 8.86. The Morgan fingerprint density at radius 2 is 1.80 bits per heavy atom. The van der Waals surface area contributed by atoms with Crippen molar-refractivity contribution in [3.05, 3.63) is 35.9 Å². The number of aryl methyl sites for hydroxylation is 1. The smallest absolute Gasteiger partial charge is 0.126 e. The van der Waals surface area contributed by atoms with Crippen molar-refractivity contribution in [3.8, 4) is 5.75 Å². The Morgan fingerprint density at radius 1 is 1.20 bits per heavy atom. The molecule has 0 aliphatic carbocycles. The SMILES string of the molecule is Cc1cc(N(C)F)c2ccccc2c1O. The van der Waals surface area contributed by atoms with E-state index in [4.69, 9.17) is 0 Å². The van der Waals surface area contributed by atoms with E-state index in [0.29, 0.717) is 27.1 Å². The third-order valence-electron chi connectivity index (χ3n) is 2.52. The number of anilines is 1. The first kappa shape index (κ1) is 9.77. The van der Waals surface area contributed by atoms with Gasteiger partial charge in [0.15, 0.2) is 0 Å². The first-order valence-electron chi connectivity index (χ1n) is 4.72. The molecule has 0 amide bonds. The molecular weight excluding hydrogens is 193 g/mol. The van der Waals surface area contributed by atoms with Crippen molar-refractivity contribution in [3.63, 3.8) is 0 Å². The highest BCUT2D eigenvalue weighted by atomic mass is 19.2. The molecule has 0 spiro atoms. The summed E-state index contributed by atoms with van der Waals surface area (Å²) in [5.74, 6) is 0.219. The van der Waals surface area contributed by atoms with E-state index in [2.05, 4.69) is 0 Å². The summed E-state index contributed by atoms with van der Waals surface area (Å²) in [6.07, 6.45) is 0. The summed E-state index contributed by atoms with van der Waals surface area (Å²) in [5, 5.41) is 11.8. The fourth-order valence-corrected chi connectivity index (χ4v) is 1.73. The van der Waals surface area contributed by atoms with Crippen molar-refractivity contribution in [2.24, 2.45) is 0 Å². The minimum Gasteiger partial charge on any atom is -0.507 e. The van der Waals surface area contributed by atoms with Crippen LogP contribution < -0.4 is 5.12 Å². The summed E-state index contributed by atoms with van der Waals surface area (Å²) in [5.41, 5.74) is 1.15. The molecule has 0 fully saturated rings. The highest BCUT2D eigenvalue weighted by molar-refractivity contribution is 5.98. The number of hydrogen-bond donors (Lipinski definition) is 1. The van der Waals surface area contributed by atoms with Gasteiger partial charge in [-0.25, -0.2) is 5.12 Å². The zero-order valence-electron chi connectivity index (χ0n) is 8.66. The first-order valence-corrected chi connectivity index (χ1v) is 4.72. The minimum absolute atomic E-state index is 0.219. The van der Waals surface area contributed by atoms with E-state index in [1.165, 1.54) is 7.05 Å². The molecule has 2 aromatic carbocycles. The molecule has 2 aromatic rings. The number of hydrogen-bond acceptors (Lipinski definition) is 2. The molecule has 0 unspecified atom stereocenters. The summed E-state index contributed by atoms with van der Waals surface area (Å²) >= 11 is 0. The van der Waals surface area contributed by atoms with E-state index in [1.54, 1.807) is 25.1 Å². The van der Waals surface area contributed by atoms with Crippen LogP contribution in [0.1, 0.15) is 5.56 Å². The number of aromatic hydroxyl groups is 1. The Balaban J connectivity index is 2.88. The van der Waals surface area contributed by atoms with Gasteiger partial charge in [0.25, 0.3) is 0 Å². The standard InChI is InChI=1S/C12H12FNO/c1-8-7-11(14(2)13)9-5-3-4-6-10(9)12(8)15/h3-7,15H,1-2H3. The lowest BCUT2D eigenvalue weighted by Crippen LogP contribution is -2.03. The number of phenols is 1. The number of phenolic OH excluding ortho intramolecular Hbond substituents is 1. The maximum atomic E-state index is 13.2.